The number of anilines is 1. The lowest BCUT2D eigenvalue weighted by molar-refractivity contribution is -0.385. The molecule has 1 amide bonds. The number of nitrogens with one attached hydrogen (secondary N) is 1. The van der Waals surface area contributed by atoms with Gasteiger partial charge in [0.1, 0.15) is 23.6 Å². The molecule has 1 N–H and O–H groups in total. The summed E-state index contributed by atoms with van der Waals surface area (Å²) in [5.74, 6) is -0.0889. The fourth-order valence-electron chi connectivity index (χ4n) is 4.05. The highest BCUT2D eigenvalue weighted by molar-refractivity contribution is 6.12. The molecule has 0 saturated carbocycles. The maximum absolute atomic E-state index is 12.9. The van der Waals surface area contributed by atoms with E-state index in [9.17, 15) is 25.0 Å². The van der Waals surface area contributed by atoms with Gasteiger partial charge < -0.3 is 14.6 Å². The maximum atomic E-state index is 12.9. The highest BCUT2D eigenvalue weighted by atomic mass is 16.6. The molecule has 0 aliphatic carbocycles. The Morgan fingerprint density at radius 2 is 1.82 bits per heavy atom. The summed E-state index contributed by atoms with van der Waals surface area (Å²) in [6.45, 7) is 5.19. The van der Waals surface area contributed by atoms with Crippen LogP contribution in [0.3, 0.4) is 0 Å². The standard InChI is InChI=1S/C29H23N5O5/c1-18-14-21(15-22(16-30)29(36)32-27-7-5-4-6-26(27)20(3)35)19(2)33(18)23-8-11-25(12-9-23)39-28-13-10-24(17-31-28)34(37)38/h4-15,17H,1-3H3,(H,32,36)/b22-15-. The number of amides is 1. The number of hydrogen-bond donors (Lipinski definition) is 1. The van der Waals surface area contributed by atoms with E-state index in [-0.39, 0.29) is 22.9 Å². The summed E-state index contributed by atoms with van der Waals surface area (Å²) in [6.07, 6.45) is 2.64. The largest absolute Gasteiger partial charge is 0.439 e. The van der Waals surface area contributed by atoms with Gasteiger partial charge in [0, 0.05) is 34.8 Å². The van der Waals surface area contributed by atoms with Crippen molar-refractivity contribution in [2.75, 3.05) is 5.32 Å². The molecule has 0 aliphatic rings. The maximum Gasteiger partial charge on any atom is 0.287 e. The molecule has 0 aliphatic heterocycles. The van der Waals surface area contributed by atoms with Gasteiger partial charge in [0.05, 0.1) is 10.6 Å². The van der Waals surface area contributed by atoms with Crippen molar-refractivity contribution in [1.29, 1.82) is 5.26 Å². The molecular formula is C29H23N5O5. The van der Waals surface area contributed by atoms with E-state index in [0.717, 1.165) is 23.3 Å². The fourth-order valence-corrected chi connectivity index (χ4v) is 4.05. The van der Waals surface area contributed by atoms with Gasteiger partial charge in [0.2, 0.25) is 5.88 Å². The molecule has 0 saturated heterocycles. The SMILES string of the molecule is CC(=O)c1ccccc1NC(=O)/C(C#N)=C\c1cc(C)n(-c2ccc(Oc3ccc([N+](=O)[O-])cn3)cc2)c1C. The number of benzene rings is 2. The number of carbonyl (C=O) groups is 2. The lowest BCUT2D eigenvalue weighted by Crippen LogP contribution is -2.15. The fraction of sp³-hybridized carbons (Fsp3) is 0.103. The van der Waals surface area contributed by atoms with Crippen LogP contribution in [0.4, 0.5) is 11.4 Å². The zero-order valence-corrected chi connectivity index (χ0v) is 21.3. The van der Waals surface area contributed by atoms with Crippen molar-refractivity contribution < 1.29 is 19.2 Å². The Morgan fingerprint density at radius 3 is 2.44 bits per heavy atom. The summed E-state index contributed by atoms with van der Waals surface area (Å²) in [6, 6.07) is 20.3. The van der Waals surface area contributed by atoms with Crippen LogP contribution >= 0.6 is 0 Å². The van der Waals surface area contributed by atoms with Crippen LogP contribution in [-0.2, 0) is 4.79 Å². The number of nitrogens with zero attached hydrogens (tertiary/aromatic N) is 4. The molecule has 4 aromatic rings. The van der Waals surface area contributed by atoms with Crippen LogP contribution in [0.25, 0.3) is 11.8 Å². The van der Waals surface area contributed by atoms with Gasteiger partial charge in [0.15, 0.2) is 5.78 Å². The number of aromatic nitrogens is 2. The Kier molecular flexibility index (Phi) is 7.63. The van der Waals surface area contributed by atoms with Crippen LogP contribution < -0.4 is 10.1 Å². The lowest BCUT2D eigenvalue weighted by atomic mass is 10.1. The van der Waals surface area contributed by atoms with Gasteiger partial charge in [0.25, 0.3) is 11.6 Å². The highest BCUT2D eigenvalue weighted by Crippen LogP contribution is 2.27. The molecule has 0 radical (unpaired) electrons. The third-order valence-electron chi connectivity index (χ3n) is 5.94. The molecule has 2 aromatic carbocycles. The topological polar surface area (TPSA) is 140 Å². The third-order valence-corrected chi connectivity index (χ3v) is 5.94. The second kappa shape index (κ2) is 11.2. The van der Waals surface area contributed by atoms with Crippen LogP contribution in [0.1, 0.15) is 34.2 Å². The highest BCUT2D eigenvalue weighted by Gasteiger charge is 2.16. The van der Waals surface area contributed by atoms with E-state index in [0.29, 0.717) is 22.6 Å². The number of nitriles is 1. The Balaban J connectivity index is 1.55. The van der Waals surface area contributed by atoms with E-state index in [4.69, 9.17) is 4.74 Å². The zero-order valence-electron chi connectivity index (χ0n) is 21.3. The van der Waals surface area contributed by atoms with E-state index in [1.54, 1.807) is 36.4 Å². The number of hydrogen-bond acceptors (Lipinski definition) is 7. The first-order valence-corrected chi connectivity index (χ1v) is 11.8. The smallest absolute Gasteiger partial charge is 0.287 e. The third kappa shape index (κ3) is 5.89. The Bertz CT molecular complexity index is 1650. The second-order valence-electron chi connectivity index (χ2n) is 8.60. The van der Waals surface area contributed by atoms with E-state index >= 15 is 0 Å². The average Bonchev–Trinajstić information content (AvgIpc) is 3.20. The van der Waals surface area contributed by atoms with Crippen molar-refractivity contribution in [3.63, 3.8) is 0 Å². The van der Waals surface area contributed by atoms with Gasteiger partial charge in [-0.3, -0.25) is 19.7 Å². The number of ether oxygens (including phenoxy) is 1. The van der Waals surface area contributed by atoms with Crippen molar-refractivity contribution in [1.82, 2.24) is 9.55 Å². The van der Waals surface area contributed by atoms with Crippen molar-refractivity contribution in [2.24, 2.45) is 0 Å². The van der Waals surface area contributed by atoms with Crippen LogP contribution in [0, 0.1) is 35.3 Å². The number of aryl methyl sites for hydroxylation is 1. The number of para-hydroxylation sites is 1. The van der Waals surface area contributed by atoms with E-state index in [2.05, 4.69) is 10.3 Å². The molecule has 0 atom stereocenters. The first kappa shape index (κ1) is 26.5. The summed E-state index contributed by atoms with van der Waals surface area (Å²) in [5.41, 5.74) is 3.67. The van der Waals surface area contributed by atoms with Crippen molar-refractivity contribution in [3.05, 3.63) is 111 Å². The quantitative estimate of drug-likeness (QED) is 0.0995. The summed E-state index contributed by atoms with van der Waals surface area (Å²) in [5, 5.41) is 23.1. The van der Waals surface area contributed by atoms with Gasteiger partial charge in [-0.1, -0.05) is 12.1 Å². The Labute approximate surface area is 224 Å². The van der Waals surface area contributed by atoms with Crippen molar-refractivity contribution in [3.8, 4) is 23.4 Å². The van der Waals surface area contributed by atoms with E-state index < -0.39 is 10.8 Å². The normalized spacial score (nSPS) is 11.0. The predicted octanol–water partition coefficient (Wildman–Crippen LogP) is 5.94. The van der Waals surface area contributed by atoms with Gasteiger partial charge >= 0.3 is 0 Å². The first-order valence-electron chi connectivity index (χ1n) is 11.8. The predicted molar refractivity (Wildman–Crippen MR) is 145 cm³/mol. The number of carbonyl (C=O) groups excluding carboxylic acids is 2. The number of Topliss-reactive ketones (excluding diaryl/α,β-unsaturated/α-hetero) is 1. The van der Waals surface area contributed by atoms with Crippen molar-refractivity contribution in [2.45, 2.75) is 20.8 Å². The molecule has 4 rings (SSSR count). The Hall–Kier alpha value is -5.56. The van der Waals surface area contributed by atoms with E-state index in [1.807, 2.05) is 42.7 Å². The van der Waals surface area contributed by atoms with Crippen molar-refractivity contribution >= 4 is 29.1 Å². The van der Waals surface area contributed by atoms with Gasteiger partial charge in [-0.15, -0.1) is 0 Å². The number of rotatable bonds is 8. The molecule has 0 spiro atoms. The van der Waals surface area contributed by atoms with Crippen LogP contribution in [0.2, 0.25) is 0 Å². The molecule has 0 fully saturated rings. The number of nitro groups is 1. The molecule has 10 nitrogen and oxygen atoms in total. The number of ketones is 1. The van der Waals surface area contributed by atoms with Gasteiger partial charge in [-0.25, -0.2) is 4.98 Å². The van der Waals surface area contributed by atoms with Crippen LogP contribution in [-0.4, -0.2) is 26.2 Å². The first-order chi connectivity index (χ1) is 18.7. The minimum absolute atomic E-state index is 0.104. The molecular weight excluding hydrogens is 498 g/mol. The zero-order chi connectivity index (χ0) is 28.1. The lowest BCUT2D eigenvalue weighted by Gasteiger charge is -2.11. The molecule has 2 aromatic heterocycles. The minimum atomic E-state index is -0.614. The molecule has 10 heteroatoms. The van der Waals surface area contributed by atoms with Crippen LogP contribution in [0.5, 0.6) is 11.6 Å². The molecule has 2 heterocycles. The Morgan fingerprint density at radius 1 is 1.10 bits per heavy atom. The monoisotopic (exact) mass is 521 g/mol. The van der Waals surface area contributed by atoms with Gasteiger partial charge in [-0.2, -0.15) is 5.26 Å². The second-order valence-corrected chi connectivity index (χ2v) is 8.60. The summed E-state index contributed by atoms with van der Waals surface area (Å²) >= 11 is 0. The molecule has 0 unspecified atom stereocenters. The molecule has 194 valence electrons. The summed E-state index contributed by atoms with van der Waals surface area (Å²) in [4.78, 5) is 38.9. The minimum Gasteiger partial charge on any atom is -0.439 e. The summed E-state index contributed by atoms with van der Waals surface area (Å²) in [7, 11) is 0. The van der Waals surface area contributed by atoms with Gasteiger partial charge in [-0.05, 0) is 74.9 Å². The average molecular weight is 522 g/mol. The van der Waals surface area contributed by atoms with E-state index in [1.165, 1.54) is 25.1 Å². The molecule has 39 heavy (non-hydrogen) atoms. The molecule has 0 bridgehead atoms. The van der Waals surface area contributed by atoms with Crippen LogP contribution in [0.15, 0.2) is 78.5 Å². The summed E-state index contributed by atoms with van der Waals surface area (Å²) < 4.78 is 7.65. The number of pyridine rings is 1.